The zero-order valence-electron chi connectivity index (χ0n) is 15.3. The Morgan fingerprint density at radius 3 is 2.56 bits per heavy atom. The molecule has 7 heteroatoms. The van der Waals surface area contributed by atoms with Gasteiger partial charge in [0.2, 0.25) is 0 Å². The number of methoxy groups -OCH3 is 1. The third-order valence-electron chi connectivity index (χ3n) is 4.20. The Labute approximate surface area is 162 Å². The number of ether oxygens (including phenoxy) is 3. The van der Waals surface area contributed by atoms with Gasteiger partial charge in [0.1, 0.15) is 25.0 Å². The van der Waals surface area contributed by atoms with E-state index in [1.54, 1.807) is 18.9 Å². The molecule has 3 rings (SSSR count). The molecular weight excluding hydrogens is 366 g/mol. The van der Waals surface area contributed by atoms with Gasteiger partial charge in [0.05, 0.1) is 12.5 Å². The number of hydrogen-bond acceptors (Lipinski definition) is 6. The third kappa shape index (κ3) is 5.08. The van der Waals surface area contributed by atoms with Gasteiger partial charge in [-0.25, -0.2) is 0 Å². The fourth-order valence-corrected chi connectivity index (χ4v) is 3.94. The molecule has 0 spiro atoms. The first-order valence-corrected chi connectivity index (χ1v) is 9.72. The first-order chi connectivity index (χ1) is 13.1. The zero-order valence-corrected chi connectivity index (χ0v) is 16.1. The van der Waals surface area contributed by atoms with E-state index in [0.29, 0.717) is 30.5 Å². The van der Waals surface area contributed by atoms with Crippen LogP contribution in [-0.4, -0.2) is 43.2 Å². The lowest BCUT2D eigenvalue weighted by Crippen LogP contribution is -2.33. The molecule has 27 heavy (non-hydrogen) atoms. The molecule has 0 aromatic heterocycles. The lowest BCUT2D eigenvalue weighted by atomic mass is 10.2. The smallest absolute Gasteiger partial charge is 0.321 e. The number of carboxylic acids is 1. The van der Waals surface area contributed by atoms with Crippen molar-refractivity contribution in [3.8, 4) is 17.2 Å². The van der Waals surface area contributed by atoms with Crippen LogP contribution in [0.5, 0.6) is 17.2 Å². The van der Waals surface area contributed by atoms with E-state index in [1.807, 2.05) is 49.4 Å². The predicted octanol–water partition coefficient (Wildman–Crippen LogP) is 3.25. The lowest BCUT2D eigenvalue weighted by molar-refractivity contribution is -0.138. The van der Waals surface area contributed by atoms with Crippen molar-refractivity contribution < 1.29 is 24.1 Å². The van der Waals surface area contributed by atoms with Crippen molar-refractivity contribution in [1.82, 2.24) is 5.32 Å². The standard InChI is InChI=1S/C20H23NO5S/c1-13-3-6-15(7-4-13)25-9-10-26-17-8-5-14(11-18(17)24-2)19-21-16(12-27-19)20(22)23/h3-8,11,16,19,21H,9-10,12H2,1-2H3,(H,22,23). The van der Waals surface area contributed by atoms with Gasteiger partial charge < -0.3 is 19.3 Å². The van der Waals surface area contributed by atoms with Crippen LogP contribution in [0.4, 0.5) is 0 Å². The van der Waals surface area contributed by atoms with Crippen molar-refractivity contribution in [2.75, 3.05) is 26.1 Å². The van der Waals surface area contributed by atoms with Gasteiger partial charge in [-0.05, 0) is 36.8 Å². The van der Waals surface area contributed by atoms with Gasteiger partial charge >= 0.3 is 5.97 Å². The minimum Gasteiger partial charge on any atom is -0.493 e. The van der Waals surface area contributed by atoms with Crippen LogP contribution in [0.1, 0.15) is 16.5 Å². The van der Waals surface area contributed by atoms with Crippen LogP contribution in [0.2, 0.25) is 0 Å². The third-order valence-corrected chi connectivity index (χ3v) is 5.47. The number of hydrogen-bond donors (Lipinski definition) is 2. The molecular formula is C20H23NO5S. The Bertz CT molecular complexity index is 780. The number of aliphatic carboxylic acids is 1. The minimum absolute atomic E-state index is 0.0704. The maximum Gasteiger partial charge on any atom is 0.321 e. The van der Waals surface area contributed by atoms with Gasteiger partial charge in [-0.3, -0.25) is 10.1 Å². The Morgan fingerprint density at radius 2 is 1.89 bits per heavy atom. The molecule has 1 fully saturated rings. The van der Waals surface area contributed by atoms with Crippen LogP contribution in [-0.2, 0) is 4.79 Å². The molecule has 2 N–H and O–H groups in total. The van der Waals surface area contributed by atoms with Crippen LogP contribution < -0.4 is 19.5 Å². The quantitative estimate of drug-likeness (QED) is 0.671. The summed E-state index contributed by atoms with van der Waals surface area (Å²) in [6, 6.07) is 13.0. The molecule has 0 amide bonds. The Hall–Kier alpha value is -2.38. The highest BCUT2D eigenvalue weighted by atomic mass is 32.2. The van der Waals surface area contributed by atoms with Crippen molar-refractivity contribution in [2.45, 2.75) is 18.3 Å². The van der Waals surface area contributed by atoms with Crippen molar-refractivity contribution >= 4 is 17.7 Å². The Kier molecular flexibility index (Phi) is 6.47. The molecule has 0 saturated carbocycles. The molecule has 2 aromatic carbocycles. The summed E-state index contributed by atoms with van der Waals surface area (Å²) >= 11 is 1.57. The lowest BCUT2D eigenvalue weighted by Gasteiger charge is -2.16. The number of carboxylic acid groups (broad SMARTS) is 1. The van der Waals surface area contributed by atoms with E-state index in [2.05, 4.69) is 5.32 Å². The molecule has 0 radical (unpaired) electrons. The van der Waals surface area contributed by atoms with Gasteiger partial charge in [-0.15, -0.1) is 11.8 Å². The monoisotopic (exact) mass is 389 g/mol. The summed E-state index contributed by atoms with van der Waals surface area (Å²) in [5, 5.41) is 12.1. The summed E-state index contributed by atoms with van der Waals surface area (Å²) in [6.45, 7) is 2.85. The Balaban J connectivity index is 1.55. The van der Waals surface area contributed by atoms with Crippen molar-refractivity contribution in [3.05, 3.63) is 53.6 Å². The zero-order chi connectivity index (χ0) is 19.2. The average Bonchev–Trinajstić information content (AvgIpc) is 3.17. The molecule has 2 unspecified atom stereocenters. The van der Waals surface area contributed by atoms with Crippen LogP contribution in [0, 0.1) is 6.92 Å². The van der Waals surface area contributed by atoms with Crippen LogP contribution in [0.25, 0.3) is 0 Å². The number of rotatable bonds is 8. The topological polar surface area (TPSA) is 77.0 Å². The van der Waals surface area contributed by atoms with E-state index in [0.717, 1.165) is 11.3 Å². The van der Waals surface area contributed by atoms with Gasteiger partial charge in [0.25, 0.3) is 0 Å². The molecule has 144 valence electrons. The fraction of sp³-hybridized carbons (Fsp3) is 0.350. The molecule has 2 atom stereocenters. The van der Waals surface area contributed by atoms with E-state index >= 15 is 0 Å². The van der Waals surface area contributed by atoms with Gasteiger partial charge in [-0.2, -0.15) is 0 Å². The summed E-state index contributed by atoms with van der Waals surface area (Å²) in [5.41, 5.74) is 2.15. The molecule has 1 saturated heterocycles. The summed E-state index contributed by atoms with van der Waals surface area (Å²) in [6.07, 6.45) is 0. The van der Waals surface area contributed by atoms with E-state index in [4.69, 9.17) is 19.3 Å². The summed E-state index contributed by atoms with van der Waals surface area (Å²) in [4.78, 5) is 11.1. The summed E-state index contributed by atoms with van der Waals surface area (Å²) < 4.78 is 16.9. The number of nitrogens with one attached hydrogen (secondary N) is 1. The maximum absolute atomic E-state index is 11.1. The van der Waals surface area contributed by atoms with E-state index < -0.39 is 12.0 Å². The molecule has 1 aliphatic heterocycles. The molecule has 1 aliphatic rings. The second-order valence-corrected chi connectivity index (χ2v) is 7.33. The van der Waals surface area contributed by atoms with Crippen molar-refractivity contribution in [1.29, 1.82) is 0 Å². The molecule has 2 aromatic rings. The molecule has 0 bridgehead atoms. The molecule has 1 heterocycles. The number of benzene rings is 2. The SMILES string of the molecule is COc1cc(C2NC(C(=O)O)CS2)ccc1OCCOc1ccc(C)cc1. The summed E-state index contributed by atoms with van der Waals surface area (Å²) in [5.74, 6) is 1.77. The van der Waals surface area contributed by atoms with E-state index in [-0.39, 0.29) is 5.37 Å². The van der Waals surface area contributed by atoms with Gasteiger partial charge in [0, 0.05) is 5.75 Å². The first-order valence-electron chi connectivity index (χ1n) is 8.67. The number of aryl methyl sites for hydroxylation is 1. The van der Waals surface area contributed by atoms with E-state index in [9.17, 15) is 4.79 Å². The van der Waals surface area contributed by atoms with Gasteiger partial charge in [-0.1, -0.05) is 23.8 Å². The van der Waals surface area contributed by atoms with Crippen LogP contribution in [0.15, 0.2) is 42.5 Å². The highest BCUT2D eigenvalue weighted by Gasteiger charge is 2.30. The summed E-state index contributed by atoms with van der Waals surface area (Å²) in [7, 11) is 1.59. The fourth-order valence-electron chi connectivity index (χ4n) is 2.72. The second-order valence-electron chi connectivity index (χ2n) is 6.19. The first kappa shape index (κ1) is 19.4. The van der Waals surface area contributed by atoms with E-state index in [1.165, 1.54) is 5.56 Å². The molecule has 6 nitrogen and oxygen atoms in total. The minimum atomic E-state index is -0.828. The highest BCUT2D eigenvalue weighted by molar-refractivity contribution is 7.99. The largest absolute Gasteiger partial charge is 0.493 e. The van der Waals surface area contributed by atoms with Crippen LogP contribution >= 0.6 is 11.8 Å². The highest BCUT2D eigenvalue weighted by Crippen LogP contribution is 2.37. The van der Waals surface area contributed by atoms with Crippen molar-refractivity contribution in [2.24, 2.45) is 0 Å². The number of thioether (sulfide) groups is 1. The molecule has 0 aliphatic carbocycles. The second kappa shape index (κ2) is 9.01. The van der Waals surface area contributed by atoms with Gasteiger partial charge in [0.15, 0.2) is 11.5 Å². The normalized spacial score (nSPS) is 18.9. The number of carbonyl (C=O) groups is 1. The Morgan fingerprint density at radius 1 is 1.15 bits per heavy atom. The predicted molar refractivity (Wildman–Crippen MR) is 105 cm³/mol. The van der Waals surface area contributed by atoms with Crippen molar-refractivity contribution in [3.63, 3.8) is 0 Å². The average molecular weight is 389 g/mol. The van der Waals surface area contributed by atoms with Crippen LogP contribution in [0.3, 0.4) is 0 Å². The maximum atomic E-state index is 11.1.